The van der Waals surface area contributed by atoms with Gasteiger partial charge in [0.05, 0.1) is 25.3 Å². The van der Waals surface area contributed by atoms with E-state index in [1.807, 2.05) is 0 Å². The molecule has 5 heteroatoms. The van der Waals surface area contributed by atoms with Crippen LogP contribution >= 0.6 is 11.6 Å². The maximum Gasteiger partial charge on any atom is 0.227 e. The second-order valence-corrected chi connectivity index (χ2v) is 3.16. The topological polar surface area (TPSA) is 44.5 Å². The van der Waals surface area contributed by atoms with Gasteiger partial charge in [-0.1, -0.05) is 0 Å². The largest absolute Gasteiger partial charge is 0.439 e. The number of hydrogen-bond donors (Lipinski definition) is 0. The predicted octanol–water partition coefficient (Wildman–Crippen LogP) is 1.63. The first-order chi connectivity index (χ1) is 6.24. The third-order valence-corrected chi connectivity index (χ3v) is 2.18. The van der Waals surface area contributed by atoms with Crippen LogP contribution in [0, 0.1) is 0 Å². The van der Waals surface area contributed by atoms with E-state index in [4.69, 9.17) is 25.5 Å². The third-order valence-electron chi connectivity index (χ3n) is 1.95. The van der Waals surface area contributed by atoms with Gasteiger partial charge in [0.1, 0.15) is 0 Å². The molecule has 1 fully saturated rings. The summed E-state index contributed by atoms with van der Waals surface area (Å²) in [5.41, 5.74) is 0. The molecular formula is C8H10ClNO3. The van der Waals surface area contributed by atoms with E-state index in [0.717, 1.165) is 0 Å². The highest BCUT2D eigenvalue weighted by atomic mass is 35.5. The lowest BCUT2D eigenvalue weighted by Crippen LogP contribution is -2.21. The monoisotopic (exact) mass is 203 g/mol. The molecule has 0 N–H and O–H groups in total. The van der Waals surface area contributed by atoms with E-state index in [9.17, 15) is 0 Å². The number of oxazole rings is 1. The van der Waals surface area contributed by atoms with Crippen molar-refractivity contribution in [2.75, 3.05) is 13.2 Å². The first-order valence-electron chi connectivity index (χ1n) is 4.04. The molecule has 1 saturated heterocycles. The van der Waals surface area contributed by atoms with Crippen molar-refractivity contribution in [1.82, 2.24) is 4.98 Å². The van der Waals surface area contributed by atoms with Gasteiger partial charge in [-0.3, -0.25) is 0 Å². The van der Waals surface area contributed by atoms with Crippen LogP contribution in [0.4, 0.5) is 0 Å². The molecule has 4 nitrogen and oxygen atoms in total. The fraction of sp³-hybridized carbons (Fsp3) is 0.625. The molecule has 0 aliphatic carbocycles. The van der Waals surface area contributed by atoms with Crippen LogP contribution in [-0.4, -0.2) is 18.2 Å². The Kier molecular flexibility index (Phi) is 2.27. The molecule has 2 rings (SSSR count). The number of halogens is 1. The third kappa shape index (κ3) is 1.57. The lowest BCUT2D eigenvalue weighted by Gasteiger charge is -2.18. The molecule has 1 aliphatic rings. The summed E-state index contributed by atoms with van der Waals surface area (Å²) in [4.78, 5) is 3.97. The van der Waals surface area contributed by atoms with Crippen LogP contribution in [-0.2, 0) is 21.1 Å². The lowest BCUT2D eigenvalue weighted by molar-refractivity contribution is -0.163. The highest BCUT2D eigenvalue weighted by molar-refractivity contribution is 6.16. The Bertz CT molecular complexity index is 293. The van der Waals surface area contributed by atoms with Gasteiger partial charge in [0.2, 0.25) is 11.7 Å². The fourth-order valence-corrected chi connectivity index (χ4v) is 1.36. The van der Waals surface area contributed by atoms with Gasteiger partial charge in [-0.25, -0.2) is 4.98 Å². The van der Waals surface area contributed by atoms with Gasteiger partial charge in [0.25, 0.3) is 0 Å². The molecule has 0 amide bonds. The van der Waals surface area contributed by atoms with E-state index in [2.05, 4.69) is 4.98 Å². The predicted molar refractivity (Wildman–Crippen MR) is 45.3 cm³/mol. The van der Waals surface area contributed by atoms with E-state index in [1.165, 1.54) is 0 Å². The second kappa shape index (κ2) is 3.29. The average Bonchev–Trinajstić information content (AvgIpc) is 2.72. The second-order valence-electron chi connectivity index (χ2n) is 2.89. The van der Waals surface area contributed by atoms with Crippen molar-refractivity contribution < 1.29 is 13.9 Å². The molecule has 0 aromatic carbocycles. The molecule has 0 atom stereocenters. The molecule has 2 heterocycles. The summed E-state index contributed by atoms with van der Waals surface area (Å²) < 4.78 is 16.1. The molecule has 1 aromatic rings. The number of aromatic nitrogens is 1. The van der Waals surface area contributed by atoms with Gasteiger partial charge in [-0.15, -0.1) is 11.6 Å². The van der Waals surface area contributed by atoms with Crippen molar-refractivity contribution in [3.05, 3.63) is 17.8 Å². The Balaban J connectivity index is 2.23. The number of rotatable bonds is 2. The van der Waals surface area contributed by atoms with Gasteiger partial charge in [0, 0.05) is 0 Å². The van der Waals surface area contributed by atoms with E-state index in [0.29, 0.717) is 24.9 Å². The maximum atomic E-state index is 5.55. The van der Waals surface area contributed by atoms with E-state index < -0.39 is 5.79 Å². The van der Waals surface area contributed by atoms with Crippen molar-refractivity contribution in [3.8, 4) is 0 Å². The molecule has 1 aliphatic heterocycles. The Morgan fingerprint density at radius 3 is 2.77 bits per heavy atom. The molecule has 0 spiro atoms. The SMILES string of the molecule is CC1(c2cnc(CCl)o2)OCCO1. The molecule has 0 radical (unpaired) electrons. The minimum absolute atomic E-state index is 0.260. The number of ether oxygens (including phenoxy) is 2. The van der Waals surface area contributed by atoms with Crippen LogP contribution in [0.2, 0.25) is 0 Å². The molecule has 72 valence electrons. The van der Waals surface area contributed by atoms with Crippen molar-refractivity contribution in [2.24, 2.45) is 0 Å². The molecule has 1 aromatic heterocycles. The van der Waals surface area contributed by atoms with Crippen LogP contribution in [0.3, 0.4) is 0 Å². The van der Waals surface area contributed by atoms with Gasteiger partial charge in [-0.05, 0) is 6.92 Å². The number of nitrogens with zero attached hydrogens (tertiary/aromatic N) is 1. The smallest absolute Gasteiger partial charge is 0.227 e. The van der Waals surface area contributed by atoms with Crippen molar-refractivity contribution >= 4 is 11.6 Å². The van der Waals surface area contributed by atoms with Crippen LogP contribution in [0.15, 0.2) is 10.6 Å². The summed E-state index contributed by atoms with van der Waals surface area (Å²) in [7, 11) is 0. The Morgan fingerprint density at radius 2 is 2.23 bits per heavy atom. The van der Waals surface area contributed by atoms with E-state index >= 15 is 0 Å². The van der Waals surface area contributed by atoms with Crippen molar-refractivity contribution in [3.63, 3.8) is 0 Å². The number of hydrogen-bond acceptors (Lipinski definition) is 4. The molecule has 0 saturated carbocycles. The first-order valence-corrected chi connectivity index (χ1v) is 4.57. The lowest BCUT2D eigenvalue weighted by atomic mass is 10.3. The van der Waals surface area contributed by atoms with Gasteiger partial charge in [0.15, 0.2) is 5.76 Å². The molecule has 0 bridgehead atoms. The summed E-state index contributed by atoms with van der Waals surface area (Å²) in [5.74, 6) is 0.533. The van der Waals surface area contributed by atoms with Gasteiger partial charge >= 0.3 is 0 Å². The van der Waals surface area contributed by atoms with E-state index in [-0.39, 0.29) is 5.88 Å². The standard InChI is InChI=1S/C8H10ClNO3/c1-8(11-2-3-12-8)6-5-10-7(4-9)13-6/h5H,2-4H2,1H3. The quantitative estimate of drug-likeness (QED) is 0.686. The van der Waals surface area contributed by atoms with Gasteiger partial charge < -0.3 is 13.9 Å². The Hall–Kier alpha value is -0.580. The zero-order chi connectivity index (χ0) is 9.31. The maximum absolute atomic E-state index is 5.55. The fourth-order valence-electron chi connectivity index (χ4n) is 1.24. The summed E-state index contributed by atoms with van der Waals surface area (Å²) >= 11 is 5.55. The van der Waals surface area contributed by atoms with Crippen molar-refractivity contribution in [2.45, 2.75) is 18.6 Å². The highest BCUT2D eigenvalue weighted by Gasteiger charge is 2.36. The molecule has 13 heavy (non-hydrogen) atoms. The average molecular weight is 204 g/mol. The zero-order valence-corrected chi connectivity index (χ0v) is 8.00. The van der Waals surface area contributed by atoms with Crippen LogP contribution in [0.5, 0.6) is 0 Å². The zero-order valence-electron chi connectivity index (χ0n) is 7.25. The summed E-state index contributed by atoms with van der Waals surface area (Å²) in [6.07, 6.45) is 1.59. The van der Waals surface area contributed by atoms with Crippen LogP contribution in [0.25, 0.3) is 0 Å². The van der Waals surface area contributed by atoms with Crippen LogP contribution < -0.4 is 0 Å². The Morgan fingerprint density at radius 1 is 1.54 bits per heavy atom. The minimum atomic E-state index is -0.780. The molecular weight excluding hydrogens is 194 g/mol. The van der Waals surface area contributed by atoms with E-state index in [1.54, 1.807) is 13.1 Å². The van der Waals surface area contributed by atoms with Crippen molar-refractivity contribution in [1.29, 1.82) is 0 Å². The minimum Gasteiger partial charge on any atom is -0.439 e. The Labute approximate surface area is 80.8 Å². The summed E-state index contributed by atoms with van der Waals surface area (Å²) in [5, 5.41) is 0. The van der Waals surface area contributed by atoms with Gasteiger partial charge in [-0.2, -0.15) is 0 Å². The molecule has 0 unspecified atom stereocenters. The first kappa shape index (κ1) is 8.99. The number of alkyl halides is 1. The van der Waals surface area contributed by atoms with Crippen LogP contribution in [0.1, 0.15) is 18.6 Å². The normalized spacial score (nSPS) is 20.8. The summed E-state index contributed by atoms with van der Waals surface area (Å²) in [6, 6.07) is 0. The highest BCUT2D eigenvalue weighted by Crippen LogP contribution is 2.31. The summed E-state index contributed by atoms with van der Waals surface area (Å²) in [6.45, 7) is 2.96.